The second-order valence-corrected chi connectivity index (χ2v) is 7.92. The molecule has 0 aliphatic heterocycles. The summed E-state index contributed by atoms with van der Waals surface area (Å²) in [6.07, 6.45) is 4.33. The van der Waals surface area contributed by atoms with Crippen LogP contribution >= 0.6 is 22.9 Å². The molecule has 0 spiro atoms. The smallest absolute Gasteiger partial charge is 0.0931 e. The normalized spacial score (nSPS) is 23.2. The number of thiophene rings is 1. The molecular formula is C14H23ClN2OS. The minimum absolute atomic E-state index is 0.00565. The van der Waals surface area contributed by atoms with Crippen molar-refractivity contribution in [2.45, 2.75) is 51.2 Å². The first-order valence-electron chi connectivity index (χ1n) is 6.69. The van der Waals surface area contributed by atoms with E-state index in [4.69, 9.17) is 22.2 Å². The molecule has 108 valence electrons. The van der Waals surface area contributed by atoms with E-state index in [0.29, 0.717) is 5.41 Å². The highest BCUT2D eigenvalue weighted by Crippen LogP contribution is 2.48. The summed E-state index contributed by atoms with van der Waals surface area (Å²) in [4.78, 5) is 1.15. The largest absolute Gasteiger partial charge is 0.376 e. The molecule has 3 nitrogen and oxygen atoms in total. The van der Waals surface area contributed by atoms with Gasteiger partial charge in [-0.1, -0.05) is 25.4 Å². The third-order valence-corrected chi connectivity index (χ3v) is 5.72. The average Bonchev–Trinajstić information content (AvgIpc) is 2.79. The van der Waals surface area contributed by atoms with E-state index in [0.717, 1.165) is 34.9 Å². The van der Waals surface area contributed by atoms with Crippen molar-refractivity contribution in [3.63, 3.8) is 0 Å². The van der Waals surface area contributed by atoms with Crippen LogP contribution in [0.25, 0.3) is 0 Å². The molecular weight excluding hydrogens is 280 g/mol. The number of halogens is 1. The molecule has 0 aromatic carbocycles. The minimum Gasteiger partial charge on any atom is -0.376 e. The maximum atomic E-state index is 6.04. The summed E-state index contributed by atoms with van der Waals surface area (Å²) in [5, 5.41) is 0. The molecule has 0 amide bonds. The number of hydrogen-bond acceptors (Lipinski definition) is 4. The van der Waals surface area contributed by atoms with Crippen LogP contribution in [0.5, 0.6) is 0 Å². The van der Waals surface area contributed by atoms with E-state index in [-0.39, 0.29) is 11.6 Å². The van der Waals surface area contributed by atoms with E-state index in [1.807, 2.05) is 12.1 Å². The molecule has 1 fully saturated rings. The minimum atomic E-state index is -0.224. The van der Waals surface area contributed by atoms with E-state index >= 15 is 0 Å². The lowest BCUT2D eigenvalue weighted by Crippen LogP contribution is -2.50. The molecule has 1 aliphatic rings. The van der Waals surface area contributed by atoms with Gasteiger partial charge < -0.3 is 4.74 Å². The second kappa shape index (κ2) is 5.70. The van der Waals surface area contributed by atoms with Crippen LogP contribution in [-0.4, -0.2) is 12.7 Å². The zero-order valence-electron chi connectivity index (χ0n) is 11.8. The predicted octanol–water partition coefficient (Wildman–Crippen LogP) is 3.89. The Bertz CT molecular complexity index is 423. The Morgan fingerprint density at radius 3 is 2.37 bits per heavy atom. The molecule has 5 heteroatoms. The molecule has 2 rings (SSSR count). The third-order valence-electron chi connectivity index (χ3n) is 4.43. The first-order chi connectivity index (χ1) is 8.92. The van der Waals surface area contributed by atoms with Crippen molar-refractivity contribution in [3.05, 3.63) is 21.3 Å². The summed E-state index contributed by atoms with van der Waals surface area (Å²) < 4.78 is 6.70. The molecule has 0 radical (unpaired) electrons. The zero-order chi connectivity index (χ0) is 14.1. The quantitative estimate of drug-likeness (QED) is 0.655. The Morgan fingerprint density at radius 1 is 1.32 bits per heavy atom. The van der Waals surface area contributed by atoms with Gasteiger partial charge in [0.25, 0.3) is 0 Å². The number of rotatable bonds is 4. The Hall–Kier alpha value is -0.130. The van der Waals surface area contributed by atoms with Gasteiger partial charge in [0.1, 0.15) is 0 Å². The summed E-state index contributed by atoms with van der Waals surface area (Å²) in [5.74, 6) is 5.81. The van der Waals surface area contributed by atoms with Crippen LogP contribution in [0.15, 0.2) is 12.1 Å². The number of nitrogens with two attached hydrogens (primary N) is 1. The highest BCUT2D eigenvalue weighted by Gasteiger charge is 2.45. The highest BCUT2D eigenvalue weighted by atomic mass is 35.5. The fourth-order valence-corrected chi connectivity index (χ4v) is 4.17. The molecule has 1 aliphatic carbocycles. The summed E-state index contributed by atoms with van der Waals surface area (Å²) in [7, 11) is 1.79. The standard InChI is InChI=1S/C14H23ClN2OS/c1-13(2)6-8-14(18-3,9-7-13)12(17-16)10-4-5-11(15)19-10/h4-5,12,17H,6-9,16H2,1-3H3. The SMILES string of the molecule is COC1(C(NN)c2ccc(Cl)s2)CCC(C)(C)CC1. The van der Waals surface area contributed by atoms with Gasteiger partial charge in [0.2, 0.25) is 0 Å². The highest BCUT2D eigenvalue weighted by molar-refractivity contribution is 7.16. The fourth-order valence-electron chi connectivity index (χ4n) is 2.94. The number of ether oxygens (including phenoxy) is 1. The fraction of sp³-hybridized carbons (Fsp3) is 0.714. The molecule has 1 aromatic rings. The van der Waals surface area contributed by atoms with E-state index in [9.17, 15) is 0 Å². The second-order valence-electron chi connectivity index (χ2n) is 6.17. The molecule has 19 heavy (non-hydrogen) atoms. The van der Waals surface area contributed by atoms with Gasteiger partial charge in [-0.05, 0) is 43.2 Å². The molecule has 1 saturated carbocycles. The summed E-state index contributed by atoms with van der Waals surface area (Å²) in [6, 6.07) is 3.96. The predicted molar refractivity (Wildman–Crippen MR) is 81.4 cm³/mol. The number of nitrogens with one attached hydrogen (secondary N) is 1. The van der Waals surface area contributed by atoms with Gasteiger partial charge >= 0.3 is 0 Å². The van der Waals surface area contributed by atoms with E-state index in [1.54, 1.807) is 18.4 Å². The van der Waals surface area contributed by atoms with Crippen LogP contribution in [0.3, 0.4) is 0 Å². The molecule has 0 saturated heterocycles. The van der Waals surface area contributed by atoms with E-state index in [1.165, 1.54) is 0 Å². The molecule has 1 unspecified atom stereocenters. The van der Waals surface area contributed by atoms with Crippen LogP contribution in [0.2, 0.25) is 4.34 Å². The number of hydrogen-bond donors (Lipinski definition) is 2. The van der Waals surface area contributed by atoms with Crippen LogP contribution in [0.4, 0.5) is 0 Å². The van der Waals surface area contributed by atoms with Crippen LogP contribution in [-0.2, 0) is 4.74 Å². The molecule has 3 N–H and O–H groups in total. The van der Waals surface area contributed by atoms with Crippen molar-refractivity contribution in [3.8, 4) is 0 Å². The summed E-state index contributed by atoms with van der Waals surface area (Å²) in [6.45, 7) is 4.64. The van der Waals surface area contributed by atoms with Crippen LogP contribution < -0.4 is 11.3 Å². The van der Waals surface area contributed by atoms with Gasteiger partial charge in [-0.25, -0.2) is 5.43 Å². The average molecular weight is 303 g/mol. The molecule has 1 heterocycles. The summed E-state index contributed by atoms with van der Waals surface area (Å²) >= 11 is 7.61. The van der Waals surface area contributed by atoms with Crippen molar-refractivity contribution in [1.29, 1.82) is 0 Å². The Morgan fingerprint density at radius 2 is 1.95 bits per heavy atom. The van der Waals surface area contributed by atoms with Gasteiger partial charge in [-0.15, -0.1) is 11.3 Å². The van der Waals surface area contributed by atoms with Crippen LogP contribution in [0.1, 0.15) is 50.4 Å². The maximum absolute atomic E-state index is 6.04. The maximum Gasteiger partial charge on any atom is 0.0931 e. The Kier molecular flexibility index (Phi) is 4.58. The Balaban J connectivity index is 2.24. The van der Waals surface area contributed by atoms with Gasteiger partial charge in [-0.2, -0.15) is 0 Å². The first-order valence-corrected chi connectivity index (χ1v) is 7.88. The topological polar surface area (TPSA) is 47.3 Å². The lowest BCUT2D eigenvalue weighted by molar-refractivity contribution is -0.0869. The lowest BCUT2D eigenvalue weighted by Gasteiger charge is -2.46. The van der Waals surface area contributed by atoms with Gasteiger partial charge in [0.15, 0.2) is 0 Å². The molecule has 1 atom stereocenters. The van der Waals surface area contributed by atoms with Crippen molar-refractivity contribution in [1.82, 2.24) is 5.43 Å². The van der Waals surface area contributed by atoms with E-state index < -0.39 is 0 Å². The van der Waals surface area contributed by atoms with Crippen molar-refractivity contribution in [2.24, 2.45) is 11.3 Å². The lowest BCUT2D eigenvalue weighted by atomic mass is 9.68. The summed E-state index contributed by atoms with van der Waals surface area (Å²) in [5.41, 5.74) is 3.12. The molecule has 0 bridgehead atoms. The van der Waals surface area contributed by atoms with E-state index in [2.05, 4.69) is 19.3 Å². The van der Waals surface area contributed by atoms with Gasteiger partial charge in [-0.3, -0.25) is 5.84 Å². The van der Waals surface area contributed by atoms with Crippen LogP contribution in [0, 0.1) is 5.41 Å². The Labute approximate surface area is 124 Å². The third kappa shape index (κ3) is 3.14. The zero-order valence-corrected chi connectivity index (χ0v) is 13.4. The van der Waals surface area contributed by atoms with Crippen molar-refractivity contribution < 1.29 is 4.74 Å². The monoisotopic (exact) mass is 302 g/mol. The first kappa shape index (κ1) is 15.3. The van der Waals surface area contributed by atoms with Crippen molar-refractivity contribution >= 4 is 22.9 Å². The van der Waals surface area contributed by atoms with Crippen molar-refractivity contribution in [2.75, 3.05) is 7.11 Å². The van der Waals surface area contributed by atoms with Gasteiger partial charge in [0, 0.05) is 12.0 Å². The number of methoxy groups -OCH3 is 1. The number of hydrazine groups is 1. The molecule has 1 aromatic heterocycles. The van der Waals surface area contributed by atoms with Gasteiger partial charge in [0.05, 0.1) is 16.0 Å².